The molecule has 2 heteroatoms. The van der Waals surface area contributed by atoms with Gasteiger partial charge in [-0.2, -0.15) is 0 Å². The van der Waals surface area contributed by atoms with Crippen molar-refractivity contribution in [3.05, 3.63) is 46.6 Å². The molecule has 0 heterocycles. The summed E-state index contributed by atoms with van der Waals surface area (Å²) < 4.78 is 10.1. The quantitative estimate of drug-likeness (QED) is 0.363. The van der Waals surface area contributed by atoms with Crippen molar-refractivity contribution in [3.8, 4) is 0 Å². The fraction of sp³-hybridized carbons (Fsp3) is 0.636. The first-order chi connectivity index (χ1) is 11.5. The maximum absolute atomic E-state index is 5.06. The van der Waals surface area contributed by atoms with Crippen molar-refractivity contribution >= 4 is 0 Å². The number of hydrogen-bond donors (Lipinski definition) is 0. The zero-order valence-electron chi connectivity index (χ0n) is 16.8. The molecule has 2 nitrogen and oxygen atoms in total. The van der Waals surface area contributed by atoms with Crippen LogP contribution in [0.5, 0.6) is 0 Å². The molecule has 0 atom stereocenters. The second-order valence-electron chi connectivity index (χ2n) is 6.69. The Morgan fingerprint density at radius 3 is 1.21 bits per heavy atom. The van der Waals surface area contributed by atoms with E-state index in [1.807, 2.05) is 0 Å². The Kier molecular flexibility index (Phi) is 14.7. The summed E-state index contributed by atoms with van der Waals surface area (Å²) in [6, 6.07) is 0. The molecule has 0 saturated heterocycles. The Bertz CT molecular complexity index is 397. The van der Waals surface area contributed by atoms with E-state index in [0.29, 0.717) is 0 Å². The van der Waals surface area contributed by atoms with E-state index in [0.717, 1.165) is 38.9 Å². The SMILES string of the molecule is COC/C=C(\C)CC/C=C(\C)CC/C(C)=C/CC/C(C)=C/COC. The summed E-state index contributed by atoms with van der Waals surface area (Å²) in [5.41, 5.74) is 5.82. The van der Waals surface area contributed by atoms with Crippen LogP contribution in [-0.2, 0) is 9.47 Å². The van der Waals surface area contributed by atoms with Gasteiger partial charge in [-0.05, 0) is 66.2 Å². The molecule has 24 heavy (non-hydrogen) atoms. The molecule has 0 aromatic rings. The highest BCUT2D eigenvalue weighted by Gasteiger charge is 1.95. The zero-order chi connectivity index (χ0) is 18.2. The first kappa shape index (κ1) is 22.9. The molecule has 0 aromatic carbocycles. The molecule has 0 rings (SSSR count). The largest absolute Gasteiger partial charge is 0.381 e. The summed E-state index contributed by atoms with van der Waals surface area (Å²) in [4.78, 5) is 0. The Morgan fingerprint density at radius 1 is 0.542 bits per heavy atom. The first-order valence-corrected chi connectivity index (χ1v) is 9.10. The van der Waals surface area contributed by atoms with Gasteiger partial charge in [-0.3, -0.25) is 0 Å². The van der Waals surface area contributed by atoms with Crippen LogP contribution >= 0.6 is 0 Å². The lowest BCUT2D eigenvalue weighted by atomic mass is 10.0. The Morgan fingerprint density at radius 2 is 0.875 bits per heavy atom. The van der Waals surface area contributed by atoms with Gasteiger partial charge >= 0.3 is 0 Å². The molecule has 0 aliphatic rings. The highest BCUT2D eigenvalue weighted by molar-refractivity contribution is 5.08. The minimum Gasteiger partial charge on any atom is -0.381 e. The summed E-state index contributed by atoms with van der Waals surface area (Å²) >= 11 is 0. The second-order valence-corrected chi connectivity index (χ2v) is 6.69. The molecule has 0 radical (unpaired) electrons. The maximum atomic E-state index is 5.06. The smallest absolute Gasteiger partial charge is 0.0646 e. The van der Waals surface area contributed by atoms with Crippen molar-refractivity contribution in [3.63, 3.8) is 0 Å². The van der Waals surface area contributed by atoms with E-state index in [1.54, 1.807) is 14.2 Å². The monoisotopic (exact) mass is 334 g/mol. The van der Waals surface area contributed by atoms with Crippen molar-refractivity contribution < 1.29 is 9.47 Å². The zero-order valence-corrected chi connectivity index (χ0v) is 16.8. The van der Waals surface area contributed by atoms with Gasteiger partial charge in [0.2, 0.25) is 0 Å². The lowest BCUT2D eigenvalue weighted by Crippen LogP contribution is -1.87. The van der Waals surface area contributed by atoms with E-state index in [1.165, 1.54) is 35.1 Å². The van der Waals surface area contributed by atoms with Crippen LogP contribution in [-0.4, -0.2) is 27.4 Å². The van der Waals surface area contributed by atoms with E-state index in [9.17, 15) is 0 Å². The molecule has 0 spiro atoms. The lowest BCUT2D eigenvalue weighted by molar-refractivity contribution is 0.233. The third-order valence-corrected chi connectivity index (χ3v) is 4.17. The van der Waals surface area contributed by atoms with Crippen LogP contribution in [0.2, 0.25) is 0 Å². The predicted octanol–water partition coefficient (Wildman–Crippen LogP) is 6.41. The van der Waals surface area contributed by atoms with Crippen LogP contribution in [0, 0.1) is 0 Å². The van der Waals surface area contributed by atoms with Gasteiger partial charge in [0.05, 0.1) is 13.2 Å². The normalized spacial score (nSPS) is 14.4. The van der Waals surface area contributed by atoms with E-state index >= 15 is 0 Å². The summed E-state index contributed by atoms with van der Waals surface area (Å²) in [7, 11) is 3.47. The predicted molar refractivity (Wildman–Crippen MR) is 106 cm³/mol. The summed E-state index contributed by atoms with van der Waals surface area (Å²) in [5, 5.41) is 0. The Labute approximate surface area is 150 Å². The molecule has 0 saturated carbocycles. The van der Waals surface area contributed by atoms with E-state index in [4.69, 9.17) is 9.47 Å². The Balaban J connectivity index is 4.00. The van der Waals surface area contributed by atoms with Crippen molar-refractivity contribution in [2.24, 2.45) is 0 Å². The van der Waals surface area contributed by atoms with Gasteiger partial charge in [0.25, 0.3) is 0 Å². The van der Waals surface area contributed by atoms with Crippen LogP contribution in [0.25, 0.3) is 0 Å². The number of ether oxygens (including phenoxy) is 2. The Hall–Kier alpha value is -1.12. The molecular weight excluding hydrogens is 296 g/mol. The number of rotatable bonds is 13. The average Bonchev–Trinajstić information content (AvgIpc) is 2.56. The molecular formula is C22H38O2. The van der Waals surface area contributed by atoms with E-state index in [-0.39, 0.29) is 0 Å². The molecule has 138 valence electrons. The highest BCUT2D eigenvalue weighted by Crippen LogP contribution is 2.15. The maximum Gasteiger partial charge on any atom is 0.0646 e. The molecule has 0 amide bonds. The first-order valence-electron chi connectivity index (χ1n) is 9.10. The molecule has 0 bridgehead atoms. The van der Waals surface area contributed by atoms with Gasteiger partial charge in [0.15, 0.2) is 0 Å². The van der Waals surface area contributed by atoms with Gasteiger partial charge in [0, 0.05) is 14.2 Å². The van der Waals surface area contributed by atoms with Crippen molar-refractivity contribution in [2.75, 3.05) is 27.4 Å². The fourth-order valence-corrected chi connectivity index (χ4v) is 2.35. The molecule has 0 aliphatic heterocycles. The number of allylic oxidation sites excluding steroid dienone is 6. The fourth-order valence-electron chi connectivity index (χ4n) is 2.35. The lowest BCUT2D eigenvalue weighted by Gasteiger charge is -2.04. The van der Waals surface area contributed by atoms with Crippen molar-refractivity contribution in [2.45, 2.75) is 66.2 Å². The third kappa shape index (κ3) is 14.5. The topological polar surface area (TPSA) is 18.5 Å². The standard InChI is InChI=1S/C22H38O2/c1-19(9-7-11-21(3)15-17-23-5)13-14-20(2)10-8-12-22(4)16-18-24-6/h9-10,15-16H,7-8,11-14,17-18H2,1-6H3/b19-9+,20-10+,21-15+,22-16+. The van der Waals surface area contributed by atoms with E-state index < -0.39 is 0 Å². The van der Waals surface area contributed by atoms with Crippen LogP contribution in [0.15, 0.2) is 46.6 Å². The average molecular weight is 335 g/mol. The summed E-state index contributed by atoms with van der Waals surface area (Å²) in [6.45, 7) is 10.3. The molecule has 0 N–H and O–H groups in total. The minimum absolute atomic E-state index is 0.721. The minimum atomic E-state index is 0.721. The van der Waals surface area contributed by atoms with Crippen molar-refractivity contribution in [1.82, 2.24) is 0 Å². The van der Waals surface area contributed by atoms with Gasteiger partial charge in [0.1, 0.15) is 0 Å². The van der Waals surface area contributed by atoms with Gasteiger partial charge in [-0.25, -0.2) is 0 Å². The van der Waals surface area contributed by atoms with Crippen LogP contribution in [0.3, 0.4) is 0 Å². The molecule has 0 aromatic heterocycles. The molecule has 0 aliphatic carbocycles. The number of hydrogen-bond acceptors (Lipinski definition) is 2. The van der Waals surface area contributed by atoms with Gasteiger partial charge in [-0.15, -0.1) is 0 Å². The second kappa shape index (κ2) is 15.4. The van der Waals surface area contributed by atoms with Gasteiger partial charge < -0.3 is 9.47 Å². The third-order valence-electron chi connectivity index (χ3n) is 4.17. The van der Waals surface area contributed by atoms with Crippen LogP contribution in [0.4, 0.5) is 0 Å². The van der Waals surface area contributed by atoms with Crippen LogP contribution < -0.4 is 0 Å². The summed E-state index contributed by atoms with van der Waals surface area (Å²) in [6.07, 6.45) is 15.9. The van der Waals surface area contributed by atoms with Crippen molar-refractivity contribution in [1.29, 1.82) is 0 Å². The van der Waals surface area contributed by atoms with E-state index in [2.05, 4.69) is 52.0 Å². The molecule has 0 fully saturated rings. The summed E-state index contributed by atoms with van der Waals surface area (Å²) in [5.74, 6) is 0. The number of methoxy groups -OCH3 is 2. The molecule has 0 unspecified atom stereocenters. The van der Waals surface area contributed by atoms with Crippen LogP contribution in [0.1, 0.15) is 66.2 Å². The van der Waals surface area contributed by atoms with Gasteiger partial charge in [-0.1, -0.05) is 46.6 Å². The highest BCUT2D eigenvalue weighted by atomic mass is 16.5.